The number of aromatic nitrogens is 4. The molecule has 0 saturated carbocycles. The first-order chi connectivity index (χ1) is 18.4. The minimum Gasteiger partial charge on any atom is -0.496 e. The van der Waals surface area contributed by atoms with Gasteiger partial charge in [0.15, 0.2) is 0 Å². The van der Waals surface area contributed by atoms with E-state index in [0.29, 0.717) is 52.1 Å². The van der Waals surface area contributed by atoms with Gasteiger partial charge in [0.05, 0.1) is 18.7 Å². The van der Waals surface area contributed by atoms with E-state index in [9.17, 15) is 9.59 Å². The summed E-state index contributed by atoms with van der Waals surface area (Å²) in [5.74, 6) is 6.55. The third kappa shape index (κ3) is 4.50. The van der Waals surface area contributed by atoms with Crippen molar-refractivity contribution in [3.63, 3.8) is 0 Å². The number of carbonyl (C=O) groups is 2. The van der Waals surface area contributed by atoms with Crippen molar-refractivity contribution < 1.29 is 14.3 Å². The van der Waals surface area contributed by atoms with Gasteiger partial charge in [-0.3, -0.25) is 14.0 Å². The molecule has 192 valence electrons. The fraction of sp³-hybridized carbons (Fsp3) is 0.250. The number of carbonyl (C=O) groups excluding carboxylic acids is 2. The van der Waals surface area contributed by atoms with Crippen molar-refractivity contribution in [2.24, 2.45) is 0 Å². The van der Waals surface area contributed by atoms with Gasteiger partial charge in [-0.25, -0.2) is 15.0 Å². The quantitative estimate of drug-likeness (QED) is 0.393. The number of amides is 2. The molecule has 5 rings (SSSR count). The van der Waals surface area contributed by atoms with Crippen molar-refractivity contribution >= 4 is 29.0 Å². The molecule has 0 unspecified atom stereocenters. The van der Waals surface area contributed by atoms with Crippen LogP contribution in [-0.4, -0.2) is 49.7 Å². The summed E-state index contributed by atoms with van der Waals surface area (Å²) in [7, 11) is 1.50. The third-order valence-corrected chi connectivity index (χ3v) is 6.53. The number of ether oxygens (including phenoxy) is 1. The summed E-state index contributed by atoms with van der Waals surface area (Å²) in [6, 6.07) is 8.58. The Morgan fingerprint density at radius 1 is 1.21 bits per heavy atom. The summed E-state index contributed by atoms with van der Waals surface area (Å²) in [4.78, 5) is 40.9. The molecule has 10 nitrogen and oxygen atoms in total. The van der Waals surface area contributed by atoms with Gasteiger partial charge >= 0.3 is 0 Å². The number of nitrogens with two attached hydrogens (primary N) is 1. The largest absolute Gasteiger partial charge is 0.496 e. The summed E-state index contributed by atoms with van der Waals surface area (Å²) in [5.41, 5.74) is 9.55. The molecular formula is C28H27N7O3. The normalized spacial score (nSPS) is 14.7. The number of nitrogens with one attached hydrogen (secondary N) is 1. The van der Waals surface area contributed by atoms with E-state index in [2.05, 4.69) is 27.1 Å². The zero-order valence-electron chi connectivity index (χ0n) is 21.4. The number of aryl methyl sites for hydroxylation is 1. The predicted octanol–water partition coefficient (Wildman–Crippen LogP) is 3.63. The van der Waals surface area contributed by atoms with Gasteiger partial charge in [-0.15, -0.1) is 0 Å². The molecule has 4 aromatic rings. The van der Waals surface area contributed by atoms with Crippen LogP contribution in [0.1, 0.15) is 47.6 Å². The Labute approximate surface area is 219 Å². The Kier molecular flexibility index (Phi) is 6.66. The van der Waals surface area contributed by atoms with E-state index in [1.54, 1.807) is 54.7 Å². The molecule has 2 amide bonds. The molecule has 1 aliphatic rings. The predicted molar refractivity (Wildman–Crippen MR) is 143 cm³/mol. The van der Waals surface area contributed by atoms with Gasteiger partial charge in [-0.1, -0.05) is 18.1 Å². The number of nitrogens with zero attached hydrogens (tertiary/aromatic N) is 5. The number of hydrogen-bond acceptors (Lipinski definition) is 7. The van der Waals surface area contributed by atoms with Crippen LogP contribution < -0.4 is 15.8 Å². The minimum absolute atomic E-state index is 0.226. The lowest BCUT2D eigenvalue weighted by Gasteiger charge is -2.21. The van der Waals surface area contributed by atoms with E-state index in [1.807, 2.05) is 17.4 Å². The van der Waals surface area contributed by atoms with Gasteiger partial charge in [0, 0.05) is 30.7 Å². The van der Waals surface area contributed by atoms with Gasteiger partial charge in [0.1, 0.15) is 34.4 Å². The lowest BCUT2D eigenvalue weighted by atomic mass is 10.1. The maximum Gasteiger partial charge on any atom is 0.299 e. The number of benzene rings is 1. The van der Waals surface area contributed by atoms with Crippen LogP contribution in [0.5, 0.6) is 5.75 Å². The molecule has 1 aliphatic heterocycles. The second-order valence-corrected chi connectivity index (χ2v) is 8.97. The third-order valence-electron chi connectivity index (χ3n) is 6.53. The molecule has 3 aromatic heterocycles. The fourth-order valence-corrected chi connectivity index (χ4v) is 4.73. The second-order valence-electron chi connectivity index (χ2n) is 8.97. The molecule has 1 fully saturated rings. The number of pyridine rings is 1. The first-order valence-electron chi connectivity index (χ1n) is 12.2. The highest BCUT2D eigenvalue weighted by molar-refractivity contribution is 6.06. The zero-order valence-corrected chi connectivity index (χ0v) is 21.4. The molecule has 1 aromatic carbocycles. The SMILES string of the molecule is CC#CC(=O)N1CCC[C@H]1c1nc(-c2ccc(C(=O)Nc3ccc(C)cn3)c(OC)c2)c2c(N)nccn12. The Bertz CT molecular complexity index is 1600. The molecule has 10 heteroatoms. The van der Waals surface area contributed by atoms with Gasteiger partial charge < -0.3 is 20.7 Å². The average Bonchev–Trinajstić information content (AvgIpc) is 3.55. The van der Waals surface area contributed by atoms with Crippen LogP contribution in [0.15, 0.2) is 48.9 Å². The van der Waals surface area contributed by atoms with Gasteiger partial charge in [-0.05, 0) is 56.4 Å². The number of hydrogen-bond donors (Lipinski definition) is 2. The van der Waals surface area contributed by atoms with E-state index >= 15 is 0 Å². The van der Waals surface area contributed by atoms with Crippen LogP contribution in [0, 0.1) is 18.8 Å². The Hall–Kier alpha value is -4.91. The topological polar surface area (TPSA) is 128 Å². The zero-order chi connectivity index (χ0) is 26.8. The smallest absolute Gasteiger partial charge is 0.299 e. The fourth-order valence-electron chi connectivity index (χ4n) is 4.73. The summed E-state index contributed by atoms with van der Waals surface area (Å²) in [6.45, 7) is 4.18. The second kappa shape index (κ2) is 10.2. The average molecular weight is 510 g/mol. The van der Waals surface area contributed by atoms with E-state index in [1.165, 1.54) is 7.11 Å². The Morgan fingerprint density at radius 2 is 2.05 bits per heavy atom. The van der Waals surface area contributed by atoms with Crippen molar-refractivity contribution in [1.29, 1.82) is 0 Å². The van der Waals surface area contributed by atoms with E-state index < -0.39 is 0 Å². The molecule has 1 atom stereocenters. The van der Waals surface area contributed by atoms with Crippen LogP contribution >= 0.6 is 0 Å². The van der Waals surface area contributed by atoms with Crippen molar-refractivity contribution in [2.45, 2.75) is 32.7 Å². The highest BCUT2D eigenvalue weighted by atomic mass is 16.5. The lowest BCUT2D eigenvalue weighted by molar-refractivity contribution is -0.126. The molecule has 0 aliphatic carbocycles. The van der Waals surface area contributed by atoms with E-state index in [4.69, 9.17) is 15.5 Å². The van der Waals surface area contributed by atoms with E-state index in [-0.39, 0.29) is 17.9 Å². The maximum absolute atomic E-state index is 13.0. The van der Waals surface area contributed by atoms with E-state index in [0.717, 1.165) is 18.4 Å². The van der Waals surface area contributed by atoms with Crippen molar-refractivity contribution in [2.75, 3.05) is 24.7 Å². The monoisotopic (exact) mass is 509 g/mol. The molecule has 4 heterocycles. The number of imidazole rings is 1. The number of nitrogen functional groups attached to an aromatic ring is 1. The molecule has 1 saturated heterocycles. The van der Waals surface area contributed by atoms with Crippen molar-refractivity contribution in [1.82, 2.24) is 24.3 Å². The molecule has 0 spiro atoms. The highest BCUT2D eigenvalue weighted by Crippen LogP contribution is 2.37. The standard InChI is InChI=1S/C28H27N7O3/c1-4-6-23(36)34-13-5-7-20(34)27-33-24(25-26(29)30-12-14-35(25)27)18-9-10-19(21(15-18)38-3)28(37)32-22-11-8-17(2)16-31-22/h8-12,14-16,20H,5,7,13H2,1-3H3,(H2,29,30)(H,31,32,37)/t20-/m0/s1. The van der Waals surface area contributed by atoms with Gasteiger partial charge in [-0.2, -0.15) is 0 Å². The summed E-state index contributed by atoms with van der Waals surface area (Å²) < 4.78 is 7.46. The number of anilines is 2. The van der Waals surface area contributed by atoms with Crippen molar-refractivity contribution in [3.05, 3.63) is 65.9 Å². The number of fused-ring (bicyclic) bond motifs is 1. The lowest BCUT2D eigenvalue weighted by Crippen LogP contribution is -2.30. The number of likely N-dealkylation sites (tertiary alicyclic amines) is 1. The van der Waals surface area contributed by atoms with Crippen molar-refractivity contribution in [3.8, 4) is 28.8 Å². The summed E-state index contributed by atoms with van der Waals surface area (Å²) in [5, 5.41) is 2.80. The van der Waals surface area contributed by atoms with Gasteiger partial charge in [0.25, 0.3) is 11.8 Å². The summed E-state index contributed by atoms with van der Waals surface area (Å²) >= 11 is 0. The van der Waals surface area contributed by atoms with Crippen LogP contribution in [-0.2, 0) is 4.79 Å². The molecule has 0 bridgehead atoms. The molecule has 0 radical (unpaired) electrons. The van der Waals surface area contributed by atoms with Crippen LogP contribution in [0.25, 0.3) is 16.8 Å². The molecule has 38 heavy (non-hydrogen) atoms. The van der Waals surface area contributed by atoms with Crippen LogP contribution in [0.3, 0.4) is 0 Å². The van der Waals surface area contributed by atoms with Gasteiger partial charge in [0.2, 0.25) is 0 Å². The summed E-state index contributed by atoms with van der Waals surface area (Å²) in [6.07, 6.45) is 6.69. The molecular weight excluding hydrogens is 482 g/mol. The van der Waals surface area contributed by atoms with Crippen LogP contribution in [0.2, 0.25) is 0 Å². The highest BCUT2D eigenvalue weighted by Gasteiger charge is 2.33. The minimum atomic E-state index is -0.349. The Balaban J connectivity index is 1.55. The van der Waals surface area contributed by atoms with Crippen LogP contribution in [0.4, 0.5) is 11.6 Å². The maximum atomic E-state index is 13.0. The number of rotatable bonds is 5. The Morgan fingerprint density at radius 3 is 2.79 bits per heavy atom. The number of methoxy groups -OCH3 is 1. The first kappa shape index (κ1) is 24.8. The first-order valence-corrected chi connectivity index (χ1v) is 12.2. The molecule has 3 N–H and O–H groups in total.